The van der Waals surface area contributed by atoms with Crippen LogP contribution in [0.3, 0.4) is 0 Å². The molecule has 7 N–H and O–H groups in total. The fraction of sp³-hybridized carbons (Fsp3) is 0.826. The zero-order valence-electron chi connectivity index (χ0n) is 17.8. The Kier molecular flexibility index (Phi) is 4.67. The lowest BCUT2D eigenvalue weighted by Gasteiger charge is -2.68. The van der Waals surface area contributed by atoms with Crippen LogP contribution in [0.15, 0.2) is 16.7 Å². The molecule has 0 aliphatic heterocycles. The second-order valence-electron chi connectivity index (χ2n) is 10.9. The molecule has 0 aromatic carbocycles. The van der Waals surface area contributed by atoms with Crippen LogP contribution in [-0.4, -0.2) is 71.9 Å². The van der Waals surface area contributed by atoms with Crippen molar-refractivity contribution in [3.8, 4) is 5.95 Å². The van der Waals surface area contributed by atoms with Gasteiger partial charge < -0.3 is 40.2 Å². The summed E-state index contributed by atoms with van der Waals surface area (Å²) in [5.74, 6) is -1.44. The van der Waals surface area contributed by atoms with Crippen LogP contribution in [0, 0.1) is 22.7 Å². The van der Waals surface area contributed by atoms with Crippen molar-refractivity contribution in [2.45, 2.75) is 87.3 Å². The van der Waals surface area contributed by atoms with E-state index in [9.17, 15) is 35.7 Å². The van der Waals surface area contributed by atoms with Crippen LogP contribution in [-0.2, 0) is 0 Å². The van der Waals surface area contributed by atoms with Crippen molar-refractivity contribution in [3.63, 3.8) is 0 Å². The van der Waals surface area contributed by atoms with E-state index in [1.807, 2.05) is 6.92 Å². The summed E-state index contributed by atoms with van der Waals surface area (Å²) in [7, 11) is 0. The van der Waals surface area contributed by atoms with E-state index in [1.165, 1.54) is 6.26 Å². The highest BCUT2D eigenvalue weighted by Gasteiger charge is 2.75. The van der Waals surface area contributed by atoms with E-state index in [4.69, 9.17) is 4.42 Å². The van der Waals surface area contributed by atoms with E-state index in [-0.39, 0.29) is 37.5 Å². The van der Waals surface area contributed by atoms with Gasteiger partial charge in [0, 0.05) is 30.2 Å². The van der Waals surface area contributed by atoms with Gasteiger partial charge in [-0.1, -0.05) is 6.92 Å². The maximum absolute atomic E-state index is 12.1. The van der Waals surface area contributed by atoms with Crippen LogP contribution < -0.4 is 0 Å². The largest absolute Gasteiger partial charge is 0.481 e. The van der Waals surface area contributed by atoms with Crippen molar-refractivity contribution in [2.24, 2.45) is 22.7 Å². The van der Waals surface area contributed by atoms with Crippen LogP contribution in [0.5, 0.6) is 5.95 Å². The molecule has 4 aliphatic carbocycles. The lowest BCUT2D eigenvalue weighted by molar-refractivity contribution is -0.316. The van der Waals surface area contributed by atoms with Crippen LogP contribution in [0.4, 0.5) is 0 Å². The lowest BCUT2D eigenvalue weighted by atomic mass is 9.40. The zero-order chi connectivity index (χ0) is 22.4. The van der Waals surface area contributed by atoms with E-state index < -0.39 is 58.8 Å². The Labute approximate surface area is 181 Å². The maximum Gasteiger partial charge on any atom is 0.281 e. The number of rotatable bonds is 2. The second-order valence-corrected chi connectivity index (χ2v) is 10.9. The Hall–Kier alpha value is -1.16. The molecule has 5 rings (SSSR count). The molecule has 8 nitrogen and oxygen atoms in total. The Bertz CT molecular complexity index is 856. The van der Waals surface area contributed by atoms with Gasteiger partial charge in [-0.25, -0.2) is 0 Å². The van der Waals surface area contributed by atoms with Crippen LogP contribution >= 0.6 is 0 Å². The summed E-state index contributed by atoms with van der Waals surface area (Å²) in [6, 6.07) is 1.56. The zero-order valence-corrected chi connectivity index (χ0v) is 17.8. The van der Waals surface area contributed by atoms with Crippen LogP contribution in [0.2, 0.25) is 0 Å². The second kappa shape index (κ2) is 6.68. The molecular weight excluding hydrogens is 404 g/mol. The van der Waals surface area contributed by atoms with Crippen molar-refractivity contribution in [1.29, 1.82) is 0 Å². The van der Waals surface area contributed by atoms with Crippen molar-refractivity contribution in [3.05, 3.63) is 17.9 Å². The summed E-state index contributed by atoms with van der Waals surface area (Å²) in [4.78, 5) is 0. The fourth-order valence-electron chi connectivity index (χ4n) is 8.56. The fourth-order valence-corrected chi connectivity index (χ4v) is 8.56. The highest BCUT2D eigenvalue weighted by Crippen LogP contribution is 2.71. The Morgan fingerprint density at radius 1 is 1.10 bits per heavy atom. The summed E-state index contributed by atoms with van der Waals surface area (Å²) in [5, 5.41) is 76.7. The first-order valence-electron chi connectivity index (χ1n) is 11.4. The molecule has 1 aromatic heterocycles. The first kappa shape index (κ1) is 21.7. The van der Waals surface area contributed by atoms with Crippen LogP contribution in [0.1, 0.15) is 63.4 Å². The topological polar surface area (TPSA) is 155 Å². The smallest absolute Gasteiger partial charge is 0.281 e. The minimum atomic E-state index is -1.51. The number of aromatic hydroxyl groups is 1. The molecule has 174 valence electrons. The van der Waals surface area contributed by atoms with Gasteiger partial charge in [0.25, 0.3) is 5.95 Å². The normalized spacial score (nSPS) is 54.2. The number of aliphatic hydroxyl groups excluding tert-OH is 4. The first-order valence-corrected chi connectivity index (χ1v) is 11.4. The first-order chi connectivity index (χ1) is 14.5. The molecule has 0 bridgehead atoms. The van der Waals surface area contributed by atoms with Crippen molar-refractivity contribution >= 4 is 0 Å². The van der Waals surface area contributed by atoms with E-state index in [2.05, 4.69) is 0 Å². The van der Waals surface area contributed by atoms with E-state index in [0.29, 0.717) is 19.3 Å². The molecule has 0 radical (unpaired) electrons. The van der Waals surface area contributed by atoms with Gasteiger partial charge >= 0.3 is 0 Å². The molecule has 0 saturated heterocycles. The maximum atomic E-state index is 12.1. The summed E-state index contributed by atoms with van der Waals surface area (Å²) >= 11 is 0. The van der Waals surface area contributed by atoms with E-state index in [0.717, 1.165) is 5.56 Å². The van der Waals surface area contributed by atoms with Gasteiger partial charge in [0.1, 0.15) is 0 Å². The number of furan rings is 1. The van der Waals surface area contributed by atoms with Gasteiger partial charge in [0.05, 0.1) is 47.8 Å². The minimum Gasteiger partial charge on any atom is -0.481 e. The van der Waals surface area contributed by atoms with E-state index in [1.54, 1.807) is 6.07 Å². The Balaban J connectivity index is 1.59. The van der Waals surface area contributed by atoms with Gasteiger partial charge in [-0.3, -0.25) is 0 Å². The third-order valence-electron chi connectivity index (χ3n) is 9.93. The average Bonchev–Trinajstić information content (AvgIpc) is 3.21. The molecule has 10 atom stereocenters. The molecule has 1 heterocycles. The van der Waals surface area contributed by atoms with Gasteiger partial charge in [-0.05, 0) is 49.5 Å². The van der Waals surface area contributed by atoms with Gasteiger partial charge in [-0.2, -0.15) is 0 Å². The highest BCUT2D eigenvalue weighted by atomic mass is 16.5. The summed E-state index contributed by atoms with van der Waals surface area (Å²) in [6.07, 6.45) is 0.537. The Morgan fingerprint density at radius 3 is 2.48 bits per heavy atom. The van der Waals surface area contributed by atoms with E-state index >= 15 is 0 Å². The lowest BCUT2D eigenvalue weighted by Crippen LogP contribution is -2.75. The molecule has 0 spiro atoms. The molecule has 4 saturated carbocycles. The third kappa shape index (κ3) is 2.52. The number of aliphatic hydroxyl groups is 6. The van der Waals surface area contributed by atoms with Gasteiger partial charge in [-0.15, -0.1) is 0 Å². The highest BCUT2D eigenvalue weighted by molar-refractivity contribution is 5.31. The summed E-state index contributed by atoms with van der Waals surface area (Å²) in [6.45, 7) is 1.43. The van der Waals surface area contributed by atoms with Crippen molar-refractivity contribution in [2.75, 3.05) is 6.61 Å². The summed E-state index contributed by atoms with van der Waals surface area (Å²) < 4.78 is 5.10. The predicted molar refractivity (Wildman–Crippen MR) is 108 cm³/mol. The monoisotopic (exact) mass is 438 g/mol. The van der Waals surface area contributed by atoms with Crippen molar-refractivity contribution in [1.82, 2.24) is 0 Å². The molecule has 8 heteroatoms. The molecule has 4 fully saturated rings. The molecule has 1 aromatic rings. The number of hydrogen-bond acceptors (Lipinski definition) is 8. The number of hydrogen-bond donors (Lipinski definition) is 7. The molecule has 0 unspecified atom stereocenters. The van der Waals surface area contributed by atoms with Crippen LogP contribution in [0.25, 0.3) is 0 Å². The standard InChI is InChI=1S/C23H34O8/c1-20-9-16(26)19-15(23(20,30)5-3-14(20)12-6-18(28)31-10-12)2-4-21(29)8-13(25)7-17(27)22(19,21)11-24/h6,10,13-17,19,24-30H,2-5,7-9,11H2,1H3/t13-,14+,15+,16+,17+,19+,20+,21-,22+,23-/m0/s1. The van der Waals surface area contributed by atoms with Crippen molar-refractivity contribution < 1.29 is 40.2 Å². The Morgan fingerprint density at radius 2 is 1.84 bits per heavy atom. The van der Waals surface area contributed by atoms with Gasteiger partial charge in [0.15, 0.2) is 0 Å². The summed E-state index contributed by atoms with van der Waals surface area (Å²) in [5.41, 5.74) is -4.01. The van der Waals surface area contributed by atoms with Gasteiger partial charge in [0.2, 0.25) is 0 Å². The average molecular weight is 439 g/mol. The minimum absolute atomic E-state index is 0.0193. The molecule has 0 amide bonds. The predicted octanol–water partition coefficient (Wildman–Crippen LogP) is 0.616. The third-order valence-corrected chi connectivity index (χ3v) is 9.93. The SMILES string of the molecule is C[C@]12C[C@@H](O)[C@H]3[C@@H](CC[C@]4(O)C[C@@H](O)C[C@@H](O)[C@]34CO)[C@@]1(O)CC[C@@H]2c1coc(O)c1. The molecule has 4 aliphatic rings. The molecular formula is C23H34O8. The number of fused-ring (bicyclic) bond motifs is 5. The quantitative estimate of drug-likeness (QED) is 0.354. The molecule has 31 heavy (non-hydrogen) atoms.